The molecule has 1 N–H and O–H groups in total. The van der Waals surface area contributed by atoms with Crippen molar-refractivity contribution in [2.45, 2.75) is 18.8 Å². The molecule has 0 radical (unpaired) electrons. The van der Waals surface area contributed by atoms with Gasteiger partial charge in [0.05, 0.1) is 17.6 Å². The quantitative estimate of drug-likeness (QED) is 0.661. The largest absolute Gasteiger partial charge is 0.386 e. The average molecular weight is 249 g/mol. The van der Waals surface area contributed by atoms with Crippen LogP contribution in [0.2, 0.25) is 0 Å². The third-order valence-corrected chi connectivity index (χ3v) is 4.63. The Balaban J connectivity index is 2.95. The molecule has 7 heteroatoms. The third kappa shape index (κ3) is 2.35. The number of aliphatic hydroxyl groups is 1. The van der Waals surface area contributed by atoms with Crippen molar-refractivity contribution < 1.29 is 23.0 Å². The molecule has 0 spiro atoms. The van der Waals surface area contributed by atoms with Gasteiger partial charge in [0.1, 0.15) is 11.5 Å². The highest BCUT2D eigenvalue weighted by Crippen LogP contribution is 2.37. The lowest BCUT2D eigenvalue weighted by Gasteiger charge is -2.30. The Morgan fingerprint density at radius 2 is 2.00 bits per heavy atom. The Morgan fingerprint density at radius 3 is 2.31 bits per heavy atom. The molecular weight excluding hydrogens is 234 g/mol. The van der Waals surface area contributed by atoms with Crippen LogP contribution in [0.5, 0.6) is 0 Å². The molecule has 1 aliphatic rings. The molecule has 92 valence electrons. The zero-order valence-electron chi connectivity index (χ0n) is 9.21. The SMILES string of the molecule is COC(OC)C(O)C1(C#N)CCS(=O)(=O)C1. The van der Waals surface area contributed by atoms with Crippen LogP contribution >= 0.6 is 0 Å². The lowest BCUT2D eigenvalue weighted by atomic mass is 9.83. The highest BCUT2D eigenvalue weighted by Gasteiger charge is 2.51. The van der Waals surface area contributed by atoms with Gasteiger partial charge in [-0.25, -0.2) is 8.42 Å². The fourth-order valence-electron chi connectivity index (χ4n) is 1.88. The van der Waals surface area contributed by atoms with Crippen molar-refractivity contribution >= 4 is 9.84 Å². The summed E-state index contributed by atoms with van der Waals surface area (Å²) in [4.78, 5) is 0. The molecule has 0 aromatic carbocycles. The Labute approximate surface area is 94.7 Å². The van der Waals surface area contributed by atoms with Gasteiger partial charge in [0, 0.05) is 14.2 Å². The number of aliphatic hydroxyl groups excluding tert-OH is 1. The fourth-order valence-corrected chi connectivity index (χ4v) is 3.86. The van der Waals surface area contributed by atoms with E-state index in [1.807, 2.05) is 6.07 Å². The van der Waals surface area contributed by atoms with Crippen molar-refractivity contribution in [1.82, 2.24) is 0 Å². The van der Waals surface area contributed by atoms with Gasteiger partial charge in [0.15, 0.2) is 16.1 Å². The third-order valence-electron chi connectivity index (χ3n) is 2.85. The number of hydrogen-bond donors (Lipinski definition) is 1. The van der Waals surface area contributed by atoms with Crippen molar-refractivity contribution in [3.05, 3.63) is 0 Å². The second kappa shape index (κ2) is 4.67. The fraction of sp³-hybridized carbons (Fsp3) is 0.889. The number of rotatable bonds is 4. The second-order valence-electron chi connectivity index (χ2n) is 3.89. The van der Waals surface area contributed by atoms with Gasteiger partial charge in [-0.3, -0.25) is 0 Å². The molecule has 2 unspecified atom stereocenters. The van der Waals surface area contributed by atoms with E-state index in [1.165, 1.54) is 14.2 Å². The van der Waals surface area contributed by atoms with Crippen LogP contribution in [0.3, 0.4) is 0 Å². The molecule has 1 fully saturated rings. The minimum absolute atomic E-state index is 0.0855. The maximum atomic E-state index is 11.4. The van der Waals surface area contributed by atoms with E-state index in [2.05, 4.69) is 0 Å². The van der Waals surface area contributed by atoms with E-state index in [1.54, 1.807) is 0 Å². The number of methoxy groups -OCH3 is 2. The van der Waals surface area contributed by atoms with Crippen LogP contribution in [-0.4, -0.2) is 51.6 Å². The van der Waals surface area contributed by atoms with Crippen LogP contribution in [0.15, 0.2) is 0 Å². The molecule has 2 atom stereocenters. The highest BCUT2D eigenvalue weighted by atomic mass is 32.2. The molecule has 0 aliphatic carbocycles. The second-order valence-corrected chi connectivity index (χ2v) is 6.08. The summed E-state index contributed by atoms with van der Waals surface area (Å²) in [5, 5.41) is 19.0. The number of nitrogens with zero attached hydrogens (tertiary/aromatic N) is 1. The van der Waals surface area contributed by atoms with E-state index in [9.17, 15) is 13.5 Å². The Hall–Kier alpha value is -0.680. The van der Waals surface area contributed by atoms with E-state index < -0.39 is 27.6 Å². The van der Waals surface area contributed by atoms with E-state index >= 15 is 0 Å². The van der Waals surface area contributed by atoms with Crippen molar-refractivity contribution in [3.8, 4) is 6.07 Å². The van der Waals surface area contributed by atoms with Crippen LogP contribution in [0.4, 0.5) is 0 Å². The molecule has 6 nitrogen and oxygen atoms in total. The molecule has 0 amide bonds. The normalized spacial score (nSPS) is 30.2. The molecule has 1 aliphatic heterocycles. The monoisotopic (exact) mass is 249 g/mol. The molecule has 0 bridgehead atoms. The van der Waals surface area contributed by atoms with Crippen molar-refractivity contribution in [1.29, 1.82) is 5.26 Å². The Morgan fingerprint density at radius 1 is 1.44 bits per heavy atom. The zero-order valence-corrected chi connectivity index (χ0v) is 10.0. The molecule has 0 aromatic heterocycles. The van der Waals surface area contributed by atoms with Crippen molar-refractivity contribution in [2.24, 2.45) is 5.41 Å². The van der Waals surface area contributed by atoms with Gasteiger partial charge in [-0.05, 0) is 6.42 Å². The number of nitriles is 1. The summed E-state index contributed by atoms with van der Waals surface area (Å²) >= 11 is 0. The van der Waals surface area contributed by atoms with Gasteiger partial charge in [-0.15, -0.1) is 0 Å². The summed E-state index contributed by atoms with van der Waals surface area (Å²) in [6, 6.07) is 1.89. The first kappa shape index (κ1) is 13.4. The van der Waals surface area contributed by atoms with Crippen molar-refractivity contribution in [3.63, 3.8) is 0 Å². The molecule has 0 aromatic rings. The standard InChI is InChI=1S/C9H15NO5S/c1-14-8(15-2)7(11)9(5-10)3-4-16(12,13)6-9/h7-8,11H,3-4,6H2,1-2H3. The van der Waals surface area contributed by atoms with Crippen LogP contribution < -0.4 is 0 Å². The topological polar surface area (TPSA) is 96.6 Å². The summed E-state index contributed by atoms with van der Waals surface area (Å²) in [5.41, 5.74) is -1.32. The van der Waals surface area contributed by atoms with Crippen LogP contribution in [0, 0.1) is 16.7 Å². The zero-order chi connectivity index (χ0) is 12.4. The van der Waals surface area contributed by atoms with Gasteiger partial charge in [0.2, 0.25) is 0 Å². The molecule has 16 heavy (non-hydrogen) atoms. The summed E-state index contributed by atoms with van der Waals surface area (Å²) in [6.45, 7) is 0. The maximum absolute atomic E-state index is 11.4. The number of sulfone groups is 1. The van der Waals surface area contributed by atoms with Gasteiger partial charge in [-0.1, -0.05) is 0 Å². The van der Waals surface area contributed by atoms with E-state index in [0.29, 0.717) is 0 Å². The van der Waals surface area contributed by atoms with Crippen LogP contribution in [0.1, 0.15) is 6.42 Å². The highest BCUT2D eigenvalue weighted by molar-refractivity contribution is 7.91. The van der Waals surface area contributed by atoms with Gasteiger partial charge >= 0.3 is 0 Å². The molecule has 1 saturated heterocycles. The van der Waals surface area contributed by atoms with Crippen molar-refractivity contribution in [2.75, 3.05) is 25.7 Å². The molecular formula is C9H15NO5S. The lowest BCUT2D eigenvalue weighted by molar-refractivity contribution is -0.186. The van der Waals surface area contributed by atoms with Crippen LogP contribution in [-0.2, 0) is 19.3 Å². The number of ether oxygens (including phenoxy) is 2. The number of hydrogen-bond acceptors (Lipinski definition) is 6. The summed E-state index contributed by atoms with van der Waals surface area (Å²) in [5.74, 6) is -0.432. The van der Waals surface area contributed by atoms with Gasteiger partial charge in [0.25, 0.3) is 0 Å². The first-order chi connectivity index (χ1) is 7.40. The maximum Gasteiger partial charge on any atom is 0.184 e. The summed E-state index contributed by atoms with van der Waals surface area (Å²) in [6.07, 6.45) is -2.16. The van der Waals surface area contributed by atoms with E-state index in [4.69, 9.17) is 14.7 Å². The predicted octanol–water partition coefficient (Wildman–Crippen LogP) is -0.705. The Kier molecular flexibility index (Phi) is 3.91. The van der Waals surface area contributed by atoms with Gasteiger partial charge in [-0.2, -0.15) is 5.26 Å². The van der Waals surface area contributed by atoms with Gasteiger partial charge < -0.3 is 14.6 Å². The molecule has 1 heterocycles. The first-order valence-electron chi connectivity index (χ1n) is 4.76. The molecule has 1 rings (SSSR count). The predicted molar refractivity (Wildman–Crippen MR) is 55.1 cm³/mol. The lowest BCUT2D eigenvalue weighted by Crippen LogP contribution is -2.45. The first-order valence-corrected chi connectivity index (χ1v) is 6.58. The van der Waals surface area contributed by atoms with Crippen LogP contribution in [0.25, 0.3) is 0 Å². The molecule has 0 saturated carbocycles. The Bertz CT molecular complexity index is 383. The summed E-state index contributed by atoms with van der Waals surface area (Å²) in [7, 11) is -0.604. The van der Waals surface area contributed by atoms with E-state index in [-0.39, 0.29) is 17.9 Å². The van der Waals surface area contributed by atoms with E-state index in [0.717, 1.165) is 0 Å². The smallest absolute Gasteiger partial charge is 0.184 e. The minimum Gasteiger partial charge on any atom is -0.386 e. The average Bonchev–Trinajstić information content (AvgIpc) is 2.57. The summed E-state index contributed by atoms with van der Waals surface area (Å²) < 4.78 is 32.4. The minimum atomic E-state index is -3.25.